The number of hydrogen-bond acceptors (Lipinski definition) is 9. The van der Waals surface area contributed by atoms with Gasteiger partial charge in [-0.25, -0.2) is 9.79 Å². The molecule has 0 spiro atoms. The number of carbonyl (C=O) groups is 1. The van der Waals surface area contributed by atoms with Crippen molar-refractivity contribution in [3.63, 3.8) is 0 Å². The molecule has 0 N–H and O–H groups in total. The lowest BCUT2D eigenvalue weighted by Gasteiger charge is -2.25. The molecule has 2 aromatic heterocycles. The summed E-state index contributed by atoms with van der Waals surface area (Å²) in [5.41, 5.74) is 1.27. The Kier molecular flexibility index (Phi) is 9.54. The van der Waals surface area contributed by atoms with Gasteiger partial charge in [0.15, 0.2) is 16.3 Å². The number of fused-ring (bicyclic) bond motifs is 1. The van der Waals surface area contributed by atoms with E-state index < -0.39 is 12.0 Å². The highest BCUT2D eigenvalue weighted by molar-refractivity contribution is 7.11. The van der Waals surface area contributed by atoms with Gasteiger partial charge < -0.3 is 18.9 Å². The predicted octanol–water partition coefficient (Wildman–Crippen LogP) is 4.06. The van der Waals surface area contributed by atoms with E-state index in [0.29, 0.717) is 44.3 Å². The van der Waals surface area contributed by atoms with Gasteiger partial charge in [0.2, 0.25) is 0 Å². The summed E-state index contributed by atoms with van der Waals surface area (Å²) in [5.74, 6) is 0.600. The molecule has 0 amide bonds. The van der Waals surface area contributed by atoms with Crippen LogP contribution >= 0.6 is 22.7 Å². The van der Waals surface area contributed by atoms with Crippen LogP contribution < -0.4 is 24.4 Å². The summed E-state index contributed by atoms with van der Waals surface area (Å²) in [6.45, 7) is 4.84. The second kappa shape index (κ2) is 13.0. The van der Waals surface area contributed by atoms with Gasteiger partial charge in [0.05, 0.1) is 42.2 Å². The van der Waals surface area contributed by atoms with Gasteiger partial charge in [0.25, 0.3) is 5.56 Å². The molecule has 38 heavy (non-hydrogen) atoms. The van der Waals surface area contributed by atoms with E-state index in [2.05, 4.69) is 11.9 Å². The molecule has 8 nitrogen and oxygen atoms in total. The van der Waals surface area contributed by atoms with Crippen LogP contribution in [-0.2, 0) is 14.3 Å². The van der Waals surface area contributed by atoms with Gasteiger partial charge in [0.1, 0.15) is 6.61 Å². The highest BCUT2D eigenvalue weighted by Gasteiger charge is 2.34. The molecule has 202 valence electrons. The van der Waals surface area contributed by atoms with Crippen LogP contribution in [0, 0.1) is 0 Å². The predicted molar refractivity (Wildman–Crippen MR) is 149 cm³/mol. The van der Waals surface area contributed by atoms with Crippen molar-refractivity contribution in [2.75, 3.05) is 34.0 Å². The molecule has 0 aliphatic carbocycles. The average molecular weight is 557 g/mol. The highest BCUT2D eigenvalue weighted by Crippen LogP contribution is 2.36. The van der Waals surface area contributed by atoms with Crippen molar-refractivity contribution < 1.29 is 23.7 Å². The molecule has 0 fully saturated rings. The van der Waals surface area contributed by atoms with Crippen LogP contribution in [0.1, 0.15) is 49.6 Å². The lowest BCUT2D eigenvalue weighted by Crippen LogP contribution is -2.40. The van der Waals surface area contributed by atoms with Crippen LogP contribution in [0.3, 0.4) is 0 Å². The Balaban J connectivity index is 1.82. The smallest absolute Gasteiger partial charge is 0.338 e. The number of methoxy groups -OCH3 is 2. The summed E-state index contributed by atoms with van der Waals surface area (Å²) in [5, 5.41) is 1.96. The first kappa shape index (κ1) is 27.8. The third-order valence-corrected chi connectivity index (χ3v) is 7.89. The molecular formula is C28H32N2O6S2. The fourth-order valence-electron chi connectivity index (χ4n) is 4.20. The molecule has 1 unspecified atom stereocenters. The number of thiophene rings is 1. The van der Waals surface area contributed by atoms with Crippen molar-refractivity contribution in [2.45, 2.75) is 39.2 Å². The Morgan fingerprint density at radius 3 is 2.68 bits per heavy atom. The summed E-state index contributed by atoms with van der Waals surface area (Å²) in [6.07, 6.45) is 4.99. The van der Waals surface area contributed by atoms with Gasteiger partial charge in [-0.3, -0.25) is 9.36 Å². The SMILES string of the molecule is CCCCCOc1ccc(C2C(C(=O)OCCOC)=C(C)N=c3sc(=Cc4cccs4)c(=O)n32)cc1OC. The van der Waals surface area contributed by atoms with Crippen LogP contribution in [0.4, 0.5) is 0 Å². The molecular weight excluding hydrogens is 524 g/mol. The minimum Gasteiger partial charge on any atom is -0.493 e. The van der Waals surface area contributed by atoms with Gasteiger partial charge in [-0.2, -0.15) is 0 Å². The summed E-state index contributed by atoms with van der Waals surface area (Å²) < 4.78 is 24.2. The van der Waals surface area contributed by atoms with Crippen LogP contribution in [-0.4, -0.2) is 44.6 Å². The van der Waals surface area contributed by atoms with Crippen molar-refractivity contribution in [2.24, 2.45) is 4.99 Å². The number of esters is 1. The van der Waals surface area contributed by atoms with Gasteiger partial charge in [-0.05, 0) is 48.6 Å². The number of allylic oxidation sites excluding steroid dienone is 1. The number of hydrogen-bond donors (Lipinski definition) is 0. The van der Waals surface area contributed by atoms with Crippen molar-refractivity contribution in [1.82, 2.24) is 4.57 Å². The van der Waals surface area contributed by atoms with Crippen LogP contribution in [0.25, 0.3) is 6.08 Å². The summed E-state index contributed by atoms with van der Waals surface area (Å²) in [6, 6.07) is 8.65. The summed E-state index contributed by atoms with van der Waals surface area (Å²) >= 11 is 2.85. The van der Waals surface area contributed by atoms with E-state index >= 15 is 0 Å². The minimum absolute atomic E-state index is 0.0927. The van der Waals surface area contributed by atoms with Crippen LogP contribution in [0.2, 0.25) is 0 Å². The van der Waals surface area contributed by atoms with E-state index in [1.165, 1.54) is 18.4 Å². The maximum atomic E-state index is 13.7. The Morgan fingerprint density at radius 1 is 1.13 bits per heavy atom. The lowest BCUT2D eigenvalue weighted by atomic mass is 9.95. The molecule has 0 radical (unpaired) electrons. The van der Waals surface area contributed by atoms with Gasteiger partial charge in [-0.1, -0.05) is 43.2 Å². The topological polar surface area (TPSA) is 88.4 Å². The normalized spacial score (nSPS) is 15.3. The van der Waals surface area contributed by atoms with E-state index in [0.717, 1.165) is 24.1 Å². The monoisotopic (exact) mass is 556 g/mol. The summed E-state index contributed by atoms with van der Waals surface area (Å²) in [4.78, 5) is 33.1. The van der Waals surface area contributed by atoms with Gasteiger partial charge in [-0.15, -0.1) is 11.3 Å². The Hall–Kier alpha value is -3.21. The largest absolute Gasteiger partial charge is 0.493 e. The first-order valence-corrected chi connectivity index (χ1v) is 14.2. The first-order valence-electron chi connectivity index (χ1n) is 12.5. The molecule has 0 bridgehead atoms. The molecule has 3 aromatic rings. The lowest BCUT2D eigenvalue weighted by molar-refractivity contribution is -0.140. The molecule has 3 heterocycles. The van der Waals surface area contributed by atoms with Gasteiger partial charge in [0, 0.05) is 12.0 Å². The quantitative estimate of drug-likeness (QED) is 0.247. The number of ether oxygens (including phenoxy) is 4. The second-order valence-electron chi connectivity index (χ2n) is 8.69. The third-order valence-electron chi connectivity index (χ3n) is 6.09. The number of nitrogens with zero attached hydrogens (tertiary/aromatic N) is 2. The van der Waals surface area contributed by atoms with Gasteiger partial charge >= 0.3 is 5.97 Å². The standard InChI is InChI=1S/C28H32N2O6S2/c1-5-6-7-12-35-21-11-10-19(16-22(21)34-4)25-24(27(32)36-14-13-33-3)18(2)29-28-30(25)26(31)23(38-28)17-20-9-8-15-37-20/h8-11,15-17,25H,5-7,12-14H2,1-4H3. The fraction of sp³-hybridized carbons (Fsp3) is 0.393. The Labute approximate surface area is 229 Å². The number of rotatable bonds is 12. The molecule has 10 heteroatoms. The molecule has 0 saturated carbocycles. The number of benzene rings is 1. The van der Waals surface area contributed by atoms with E-state index in [1.807, 2.05) is 41.8 Å². The van der Waals surface area contributed by atoms with E-state index in [-0.39, 0.29) is 18.8 Å². The maximum absolute atomic E-state index is 13.7. The van der Waals surface area contributed by atoms with Crippen molar-refractivity contribution in [3.05, 3.63) is 77.1 Å². The number of thiazole rings is 1. The molecule has 1 atom stereocenters. The molecule has 1 aliphatic heterocycles. The minimum atomic E-state index is -0.741. The zero-order valence-corrected chi connectivity index (χ0v) is 23.7. The number of aromatic nitrogens is 1. The zero-order chi connectivity index (χ0) is 27.1. The number of carbonyl (C=O) groups excluding carboxylic acids is 1. The number of unbranched alkanes of at least 4 members (excludes halogenated alkanes) is 2. The Morgan fingerprint density at radius 2 is 1.97 bits per heavy atom. The fourth-order valence-corrected chi connectivity index (χ4v) is 5.97. The van der Waals surface area contributed by atoms with Crippen LogP contribution in [0.5, 0.6) is 11.5 Å². The Bertz CT molecular complexity index is 1470. The van der Waals surface area contributed by atoms with Crippen LogP contribution in [0.15, 0.2) is 56.8 Å². The van der Waals surface area contributed by atoms with Crippen molar-refractivity contribution in [3.8, 4) is 11.5 Å². The first-order chi connectivity index (χ1) is 18.5. The van der Waals surface area contributed by atoms with Crippen molar-refractivity contribution >= 4 is 34.7 Å². The average Bonchev–Trinajstić information content (AvgIpc) is 3.53. The third kappa shape index (κ3) is 6.09. The second-order valence-corrected chi connectivity index (χ2v) is 10.7. The molecule has 1 aromatic carbocycles. The maximum Gasteiger partial charge on any atom is 0.338 e. The molecule has 1 aliphatic rings. The van der Waals surface area contributed by atoms with E-state index in [4.69, 9.17) is 18.9 Å². The van der Waals surface area contributed by atoms with Crippen molar-refractivity contribution in [1.29, 1.82) is 0 Å². The van der Waals surface area contributed by atoms with E-state index in [1.54, 1.807) is 29.9 Å². The van der Waals surface area contributed by atoms with E-state index in [9.17, 15) is 9.59 Å². The zero-order valence-electron chi connectivity index (χ0n) is 22.0. The highest BCUT2D eigenvalue weighted by atomic mass is 32.1. The summed E-state index contributed by atoms with van der Waals surface area (Å²) in [7, 11) is 3.11. The molecule has 0 saturated heterocycles. The molecule has 4 rings (SSSR count).